The Morgan fingerprint density at radius 3 is 2.81 bits per heavy atom. The molecule has 0 aliphatic carbocycles. The second-order valence-corrected chi connectivity index (χ2v) is 11.0. The minimum atomic E-state index is -0.410. The largest absolute Gasteiger partial charge is 0.507 e. The number of para-hydroxylation sites is 1. The summed E-state index contributed by atoms with van der Waals surface area (Å²) in [5, 5.41) is 13.4. The van der Waals surface area contributed by atoms with Crippen molar-refractivity contribution in [3.05, 3.63) is 95.2 Å². The first-order chi connectivity index (χ1) is 20.9. The first kappa shape index (κ1) is 28.9. The lowest BCUT2D eigenvalue weighted by Gasteiger charge is -2.40. The Labute approximate surface area is 253 Å². The fourth-order valence-corrected chi connectivity index (χ4v) is 5.55. The van der Waals surface area contributed by atoms with E-state index in [2.05, 4.69) is 20.1 Å². The van der Waals surface area contributed by atoms with Gasteiger partial charge >= 0.3 is 0 Å². The van der Waals surface area contributed by atoms with E-state index in [1.165, 1.54) is 18.2 Å². The molecule has 2 N–H and O–H groups in total. The molecule has 4 aromatic rings. The number of phenols is 1. The number of benzene rings is 2. The minimum absolute atomic E-state index is 0.0584. The molecule has 2 aromatic carbocycles. The quantitative estimate of drug-likeness (QED) is 0.264. The van der Waals surface area contributed by atoms with E-state index >= 15 is 0 Å². The third-order valence-corrected chi connectivity index (χ3v) is 8.11. The highest BCUT2D eigenvalue weighted by Crippen LogP contribution is 2.40. The van der Waals surface area contributed by atoms with Gasteiger partial charge in [-0.05, 0) is 62.0 Å². The highest BCUT2D eigenvalue weighted by atomic mass is 35.5. The summed E-state index contributed by atoms with van der Waals surface area (Å²) in [6.45, 7) is 2.67. The lowest BCUT2D eigenvalue weighted by Crippen LogP contribution is -2.49. The number of likely N-dealkylation sites (N-methyl/N-ethyl adjacent to an activating group) is 1. The molecule has 0 saturated carbocycles. The molecule has 2 aromatic heterocycles. The summed E-state index contributed by atoms with van der Waals surface area (Å²) in [7, 11) is 2.04. The predicted molar refractivity (Wildman–Crippen MR) is 162 cm³/mol. The van der Waals surface area contributed by atoms with Crippen LogP contribution in [0.1, 0.15) is 28.5 Å². The van der Waals surface area contributed by atoms with Crippen molar-refractivity contribution in [1.82, 2.24) is 20.2 Å². The molecule has 2 aliphatic heterocycles. The molecule has 222 valence electrons. The third-order valence-electron chi connectivity index (χ3n) is 7.87. The molecular weight excluding hydrogens is 573 g/mol. The van der Waals surface area contributed by atoms with Gasteiger partial charge in [0.2, 0.25) is 0 Å². The lowest BCUT2D eigenvalue weighted by atomic mass is 10.0. The van der Waals surface area contributed by atoms with Gasteiger partial charge in [0.25, 0.3) is 5.91 Å². The number of phenolic OH excluding ortho intramolecular Hbond substituents is 1. The summed E-state index contributed by atoms with van der Waals surface area (Å²) in [5.74, 6) is -0.203. The van der Waals surface area contributed by atoms with Crippen molar-refractivity contribution < 1.29 is 23.8 Å². The number of nitrogens with zero attached hydrogens (tertiary/aromatic N) is 4. The fraction of sp³-hybridized carbons (Fsp3) is 0.281. The van der Waals surface area contributed by atoms with Gasteiger partial charge in [-0.2, -0.15) is 0 Å². The first-order valence-electron chi connectivity index (χ1n) is 14.1. The zero-order valence-corrected chi connectivity index (χ0v) is 24.3. The molecule has 1 saturated heterocycles. The van der Waals surface area contributed by atoms with Crippen molar-refractivity contribution in [2.45, 2.75) is 18.5 Å². The number of pyridine rings is 2. The van der Waals surface area contributed by atoms with Crippen LogP contribution in [-0.2, 0) is 4.74 Å². The van der Waals surface area contributed by atoms with E-state index in [9.17, 15) is 14.3 Å². The number of nitrogens with one attached hydrogen (secondary N) is 1. The number of ether oxygens (including phenoxy) is 2. The average molecular weight is 604 g/mol. The molecule has 9 nitrogen and oxygen atoms in total. The Balaban J connectivity index is 1.27. The van der Waals surface area contributed by atoms with E-state index in [4.69, 9.17) is 26.1 Å². The van der Waals surface area contributed by atoms with E-state index in [1.807, 2.05) is 25.2 Å². The van der Waals surface area contributed by atoms with Crippen LogP contribution < -0.4 is 15.0 Å². The van der Waals surface area contributed by atoms with Gasteiger partial charge in [-0.3, -0.25) is 19.7 Å². The predicted octanol–water partition coefficient (Wildman–Crippen LogP) is 5.36. The van der Waals surface area contributed by atoms with Crippen molar-refractivity contribution >= 4 is 28.9 Å². The van der Waals surface area contributed by atoms with Crippen LogP contribution in [0.5, 0.6) is 11.5 Å². The fourth-order valence-electron chi connectivity index (χ4n) is 5.37. The molecule has 0 spiro atoms. The average Bonchev–Trinajstić information content (AvgIpc) is 2.99. The van der Waals surface area contributed by atoms with E-state index in [0.29, 0.717) is 61.4 Å². The number of anilines is 2. The number of carbonyl (C=O) groups excluding carboxylic acids is 1. The van der Waals surface area contributed by atoms with Crippen molar-refractivity contribution in [2.24, 2.45) is 0 Å². The van der Waals surface area contributed by atoms with Gasteiger partial charge < -0.3 is 24.8 Å². The van der Waals surface area contributed by atoms with Crippen molar-refractivity contribution in [3.8, 4) is 22.8 Å². The molecule has 43 heavy (non-hydrogen) atoms. The summed E-state index contributed by atoms with van der Waals surface area (Å²) in [5.41, 5.74) is 3.50. The zero-order chi connectivity index (χ0) is 29.9. The molecular formula is C32H31ClFN5O4. The maximum Gasteiger partial charge on any atom is 0.255 e. The Kier molecular flexibility index (Phi) is 8.42. The normalized spacial score (nSPS) is 15.4. The molecule has 0 bridgehead atoms. The third kappa shape index (κ3) is 6.13. The maximum absolute atomic E-state index is 14.7. The van der Waals surface area contributed by atoms with Gasteiger partial charge in [0.05, 0.1) is 60.7 Å². The van der Waals surface area contributed by atoms with Crippen molar-refractivity contribution in [3.63, 3.8) is 0 Å². The molecule has 1 amide bonds. The van der Waals surface area contributed by atoms with Crippen LogP contribution in [0.2, 0.25) is 5.02 Å². The SMILES string of the molecule is CN(C1COC1)C(CCNC(=O)c1ccccc1O)c1cc(N2CCOc3cnc(-c4cc(Cl)ccc4F)cc32)ccn1. The highest BCUT2D eigenvalue weighted by molar-refractivity contribution is 6.30. The molecule has 1 atom stereocenters. The first-order valence-corrected chi connectivity index (χ1v) is 14.4. The monoisotopic (exact) mass is 603 g/mol. The van der Waals surface area contributed by atoms with Gasteiger partial charge in [-0.25, -0.2) is 4.39 Å². The van der Waals surface area contributed by atoms with E-state index in [0.717, 1.165) is 17.1 Å². The van der Waals surface area contributed by atoms with Crippen LogP contribution in [-0.4, -0.2) is 71.9 Å². The van der Waals surface area contributed by atoms with E-state index in [1.54, 1.807) is 36.7 Å². The van der Waals surface area contributed by atoms with E-state index in [-0.39, 0.29) is 29.3 Å². The molecule has 4 heterocycles. The van der Waals surface area contributed by atoms with Crippen LogP contribution in [0, 0.1) is 5.82 Å². The number of halogens is 2. The van der Waals surface area contributed by atoms with Crippen LogP contribution in [0.15, 0.2) is 73.1 Å². The molecule has 1 unspecified atom stereocenters. The Morgan fingerprint density at radius 2 is 2.02 bits per heavy atom. The standard InChI is InChI=1S/C32H31ClFN5O4/c1-38(22-18-42-19-22)28(9-11-36-32(41)23-4-2-3-5-30(23)40)27-15-21(8-10-35-27)39-12-13-43-31-17-37-26(16-29(31)39)24-14-20(33)6-7-25(24)34/h2-8,10,14-17,22,28,40H,9,11-13,18-19H2,1H3,(H,36,41). The number of rotatable bonds is 9. The topological polar surface area (TPSA) is 100 Å². The van der Waals surface area contributed by atoms with Crippen molar-refractivity contribution in [1.29, 1.82) is 0 Å². The number of amides is 1. The van der Waals surface area contributed by atoms with Gasteiger partial charge in [-0.1, -0.05) is 23.7 Å². The van der Waals surface area contributed by atoms with Crippen LogP contribution >= 0.6 is 11.6 Å². The van der Waals surface area contributed by atoms with Crippen LogP contribution in [0.3, 0.4) is 0 Å². The number of hydrogen-bond donors (Lipinski definition) is 2. The molecule has 2 aliphatic rings. The van der Waals surface area contributed by atoms with Gasteiger partial charge in [0, 0.05) is 29.0 Å². The van der Waals surface area contributed by atoms with Gasteiger partial charge in [-0.15, -0.1) is 0 Å². The summed E-state index contributed by atoms with van der Waals surface area (Å²) in [6.07, 6.45) is 3.97. The smallest absolute Gasteiger partial charge is 0.255 e. The summed E-state index contributed by atoms with van der Waals surface area (Å²) >= 11 is 6.15. The zero-order valence-electron chi connectivity index (χ0n) is 23.5. The molecule has 1 fully saturated rings. The van der Waals surface area contributed by atoms with Crippen molar-refractivity contribution in [2.75, 3.05) is 44.9 Å². The minimum Gasteiger partial charge on any atom is -0.507 e. The van der Waals surface area contributed by atoms with Gasteiger partial charge in [0.1, 0.15) is 18.2 Å². The molecule has 0 radical (unpaired) electrons. The Morgan fingerprint density at radius 1 is 1.19 bits per heavy atom. The summed E-state index contributed by atoms with van der Waals surface area (Å²) < 4.78 is 26.0. The van der Waals surface area contributed by atoms with E-state index < -0.39 is 5.82 Å². The van der Waals surface area contributed by atoms with Crippen LogP contribution in [0.4, 0.5) is 15.8 Å². The Hall–Kier alpha value is -4.25. The van der Waals surface area contributed by atoms with Gasteiger partial charge in [0.15, 0.2) is 5.75 Å². The number of hydrogen-bond acceptors (Lipinski definition) is 8. The molecule has 6 rings (SSSR count). The number of fused-ring (bicyclic) bond motifs is 1. The molecule has 11 heteroatoms. The number of carbonyl (C=O) groups is 1. The number of aromatic nitrogens is 2. The second kappa shape index (κ2) is 12.5. The lowest BCUT2D eigenvalue weighted by molar-refractivity contribution is -0.0713. The number of aromatic hydroxyl groups is 1. The summed E-state index contributed by atoms with van der Waals surface area (Å²) in [6, 6.07) is 16.8. The maximum atomic E-state index is 14.7. The Bertz CT molecular complexity index is 1640. The second-order valence-electron chi connectivity index (χ2n) is 10.5. The highest BCUT2D eigenvalue weighted by Gasteiger charge is 2.31. The summed E-state index contributed by atoms with van der Waals surface area (Å²) in [4.78, 5) is 26.3. The van der Waals surface area contributed by atoms with Crippen LogP contribution in [0.25, 0.3) is 11.3 Å².